The van der Waals surface area contributed by atoms with Gasteiger partial charge in [0, 0.05) is 17.5 Å². The molecule has 1 atom stereocenters. The average Bonchev–Trinajstić information content (AvgIpc) is 2.31. The second-order valence-electron chi connectivity index (χ2n) is 4.26. The van der Waals surface area contributed by atoms with Gasteiger partial charge in [0.15, 0.2) is 0 Å². The Hall–Kier alpha value is -0.720. The Kier molecular flexibility index (Phi) is 5.49. The van der Waals surface area contributed by atoms with Gasteiger partial charge in [-0.05, 0) is 37.3 Å². The van der Waals surface area contributed by atoms with Gasteiger partial charge in [-0.3, -0.25) is 0 Å². The molecule has 0 amide bonds. The normalized spacial score (nSPS) is 13.5. The number of sulfonamides is 1. The highest BCUT2D eigenvalue weighted by atomic mass is 32.2. The molecule has 0 fully saturated rings. The molecule has 0 heterocycles. The van der Waals surface area contributed by atoms with E-state index in [9.17, 15) is 8.42 Å². The molecule has 0 aliphatic rings. The third kappa shape index (κ3) is 4.19. The standard InChI is InChI=1S/C12H20N2O2S2/c1-9-4-5-11(13)8-12(9)18(15,16)14-7-6-10(2)17-3/h4-5,8,10,14H,6-7,13H2,1-3H3. The van der Waals surface area contributed by atoms with Gasteiger partial charge in [0.25, 0.3) is 0 Å². The Balaban J connectivity index is 2.77. The molecule has 0 aliphatic carbocycles. The quantitative estimate of drug-likeness (QED) is 0.785. The minimum absolute atomic E-state index is 0.263. The lowest BCUT2D eigenvalue weighted by molar-refractivity contribution is 0.578. The van der Waals surface area contributed by atoms with Crippen LogP contribution >= 0.6 is 11.8 Å². The maximum absolute atomic E-state index is 12.1. The molecule has 1 aromatic rings. The van der Waals surface area contributed by atoms with Gasteiger partial charge in [-0.25, -0.2) is 13.1 Å². The molecule has 0 saturated heterocycles. The third-order valence-electron chi connectivity index (χ3n) is 2.75. The van der Waals surface area contributed by atoms with E-state index >= 15 is 0 Å². The maximum Gasteiger partial charge on any atom is 0.240 e. The molecule has 1 unspecified atom stereocenters. The molecule has 1 rings (SSSR count). The second-order valence-corrected chi connectivity index (χ2v) is 7.27. The van der Waals surface area contributed by atoms with Crippen molar-refractivity contribution in [3.63, 3.8) is 0 Å². The molecule has 0 bridgehead atoms. The fourth-order valence-corrected chi connectivity index (χ4v) is 3.18. The summed E-state index contributed by atoms with van der Waals surface area (Å²) in [5.41, 5.74) is 6.79. The Morgan fingerprint density at radius 2 is 2.11 bits per heavy atom. The van der Waals surface area contributed by atoms with E-state index in [1.165, 1.54) is 6.07 Å². The van der Waals surface area contributed by atoms with Gasteiger partial charge >= 0.3 is 0 Å². The molecule has 3 N–H and O–H groups in total. The number of nitrogens with one attached hydrogen (secondary N) is 1. The summed E-state index contributed by atoms with van der Waals surface area (Å²) in [7, 11) is -3.46. The topological polar surface area (TPSA) is 72.2 Å². The largest absolute Gasteiger partial charge is 0.399 e. The van der Waals surface area contributed by atoms with Crippen LogP contribution < -0.4 is 10.5 Å². The number of benzene rings is 1. The van der Waals surface area contributed by atoms with Crippen LogP contribution in [0.5, 0.6) is 0 Å². The van der Waals surface area contributed by atoms with Gasteiger partial charge in [0.05, 0.1) is 4.90 Å². The second kappa shape index (κ2) is 6.45. The summed E-state index contributed by atoms with van der Waals surface area (Å²) in [4.78, 5) is 0.263. The average molecular weight is 288 g/mol. The molecule has 0 spiro atoms. The van der Waals surface area contributed by atoms with Crippen LogP contribution in [0.4, 0.5) is 5.69 Å². The van der Waals surface area contributed by atoms with Crippen molar-refractivity contribution in [2.45, 2.75) is 30.4 Å². The maximum atomic E-state index is 12.1. The zero-order valence-corrected chi connectivity index (χ0v) is 12.6. The molecule has 18 heavy (non-hydrogen) atoms. The molecule has 1 aromatic carbocycles. The number of hydrogen-bond donors (Lipinski definition) is 2. The van der Waals surface area contributed by atoms with E-state index in [4.69, 9.17) is 5.73 Å². The van der Waals surface area contributed by atoms with Crippen LogP contribution in [-0.4, -0.2) is 26.5 Å². The number of rotatable bonds is 6. The van der Waals surface area contributed by atoms with Crippen molar-refractivity contribution in [3.8, 4) is 0 Å². The smallest absolute Gasteiger partial charge is 0.240 e. The highest BCUT2D eigenvalue weighted by Gasteiger charge is 2.16. The fourth-order valence-electron chi connectivity index (χ4n) is 1.50. The lowest BCUT2D eigenvalue weighted by Crippen LogP contribution is -2.27. The predicted molar refractivity (Wildman–Crippen MR) is 78.4 cm³/mol. The molecule has 0 aliphatic heterocycles. The number of nitrogens with two attached hydrogens (primary N) is 1. The van der Waals surface area contributed by atoms with Crippen LogP contribution in [-0.2, 0) is 10.0 Å². The zero-order valence-electron chi connectivity index (χ0n) is 10.9. The lowest BCUT2D eigenvalue weighted by Gasteiger charge is -2.12. The lowest BCUT2D eigenvalue weighted by atomic mass is 10.2. The fraction of sp³-hybridized carbons (Fsp3) is 0.500. The molecular weight excluding hydrogens is 268 g/mol. The van der Waals surface area contributed by atoms with Crippen LogP contribution in [0.15, 0.2) is 23.1 Å². The summed E-state index contributed by atoms with van der Waals surface area (Å²) < 4.78 is 26.8. The molecule has 0 radical (unpaired) electrons. The summed E-state index contributed by atoms with van der Waals surface area (Å²) in [5.74, 6) is 0. The van der Waals surface area contributed by atoms with Crippen molar-refractivity contribution in [2.75, 3.05) is 18.5 Å². The van der Waals surface area contributed by atoms with Crippen LogP contribution in [0.2, 0.25) is 0 Å². The number of anilines is 1. The number of nitrogen functional groups attached to an aromatic ring is 1. The summed E-state index contributed by atoms with van der Waals surface area (Å²) in [6.07, 6.45) is 2.82. The van der Waals surface area contributed by atoms with Crippen LogP contribution in [0.1, 0.15) is 18.9 Å². The highest BCUT2D eigenvalue weighted by Crippen LogP contribution is 2.18. The Bertz CT molecular complexity index is 501. The molecule has 6 heteroatoms. The number of aryl methyl sites for hydroxylation is 1. The first-order chi connectivity index (χ1) is 8.36. The van der Waals surface area contributed by atoms with Crippen molar-refractivity contribution < 1.29 is 8.42 Å². The summed E-state index contributed by atoms with van der Waals surface area (Å²) in [6, 6.07) is 4.91. The molecular formula is C12H20N2O2S2. The zero-order chi connectivity index (χ0) is 13.8. The van der Waals surface area contributed by atoms with E-state index in [2.05, 4.69) is 11.6 Å². The van der Waals surface area contributed by atoms with Crippen molar-refractivity contribution in [3.05, 3.63) is 23.8 Å². The van der Waals surface area contributed by atoms with Crippen LogP contribution in [0, 0.1) is 6.92 Å². The SMILES string of the molecule is CSC(C)CCNS(=O)(=O)c1cc(N)ccc1C. The minimum atomic E-state index is -3.46. The Morgan fingerprint density at radius 1 is 1.44 bits per heavy atom. The summed E-state index contributed by atoms with van der Waals surface area (Å²) in [6.45, 7) is 4.28. The van der Waals surface area contributed by atoms with E-state index < -0.39 is 10.0 Å². The highest BCUT2D eigenvalue weighted by molar-refractivity contribution is 7.99. The van der Waals surface area contributed by atoms with Crippen LogP contribution in [0.25, 0.3) is 0 Å². The van der Waals surface area contributed by atoms with Gasteiger partial charge in [-0.1, -0.05) is 13.0 Å². The minimum Gasteiger partial charge on any atom is -0.399 e. The van der Waals surface area contributed by atoms with E-state index in [0.29, 0.717) is 23.0 Å². The Labute approximate surface area is 113 Å². The summed E-state index contributed by atoms with van der Waals surface area (Å²) >= 11 is 1.72. The van der Waals surface area contributed by atoms with E-state index in [1.807, 2.05) is 6.26 Å². The molecule has 4 nitrogen and oxygen atoms in total. The predicted octanol–water partition coefficient (Wildman–Crippen LogP) is 2.00. The van der Waals surface area contributed by atoms with Crippen molar-refractivity contribution in [2.24, 2.45) is 0 Å². The van der Waals surface area contributed by atoms with Crippen molar-refractivity contribution in [1.82, 2.24) is 4.72 Å². The first-order valence-electron chi connectivity index (χ1n) is 5.75. The Morgan fingerprint density at radius 3 is 2.72 bits per heavy atom. The van der Waals surface area contributed by atoms with Crippen molar-refractivity contribution >= 4 is 27.5 Å². The number of thioether (sulfide) groups is 1. The first kappa shape index (κ1) is 15.3. The summed E-state index contributed by atoms with van der Waals surface area (Å²) in [5, 5.41) is 0.439. The van der Waals surface area contributed by atoms with Gasteiger partial charge in [-0.2, -0.15) is 11.8 Å². The van der Waals surface area contributed by atoms with Gasteiger partial charge in [0.1, 0.15) is 0 Å². The third-order valence-corrected chi connectivity index (χ3v) is 5.39. The van der Waals surface area contributed by atoms with Gasteiger partial charge < -0.3 is 5.73 Å². The monoisotopic (exact) mass is 288 g/mol. The van der Waals surface area contributed by atoms with Crippen LogP contribution in [0.3, 0.4) is 0 Å². The van der Waals surface area contributed by atoms with E-state index in [1.54, 1.807) is 30.8 Å². The van der Waals surface area contributed by atoms with E-state index in [0.717, 1.165) is 6.42 Å². The molecule has 102 valence electrons. The number of hydrogen-bond acceptors (Lipinski definition) is 4. The van der Waals surface area contributed by atoms with Gasteiger partial charge in [-0.15, -0.1) is 0 Å². The van der Waals surface area contributed by atoms with Crippen molar-refractivity contribution in [1.29, 1.82) is 0 Å². The molecule has 0 aromatic heterocycles. The first-order valence-corrected chi connectivity index (χ1v) is 8.52. The van der Waals surface area contributed by atoms with Gasteiger partial charge in [0.2, 0.25) is 10.0 Å². The molecule has 0 saturated carbocycles. The van der Waals surface area contributed by atoms with E-state index in [-0.39, 0.29) is 4.90 Å².